The van der Waals surface area contributed by atoms with Crippen LogP contribution in [0.25, 0.3) is 0 Å². The number of carbonyl (C=O) groups excluding carboxylic acids is 1. The molecular weight excluding hydrogens is 386 g/mol. The topological polar surface area (TPSA) is 53.4 Å². The van der Waals surface area contributed by atoms with Gasteiger partial charge in [0, 0.05) is 58.2 Å². The highest BCUT2D eigenvalue weighted by atomic mass is 16.2. The molecule has 2 heterocycles. The Labute approximate surface area is 184 Å². The Balaban J connectivity index is 1.39. The second kappa shape index (κ2) is 10.9. The number of aromatic nitrogens is 2. The van der Waals surface area contributed by atoms with Crippen LogP contribution in [0.1, 0.15) is 17.5 Å². The van der Waals surface area contributed by atoms with Crippen molar-refractivity contribution in [3.8, 4) is 0 Å². The summed E-state index contributed by atoms with van der Waals surface area (Å²) in [5.74, 6) is 0.187. The average molecular weight is 418 g/mol. The van der Waals surface area contributed by atoms with Gasteiger partial charge in [0.25, 0.3) is 0 Å². The van der Waals surface area contributed by atoms with E-state index in [1.54, 1.807) is 6.20 Å². The fraction of sp³-hybridized carbons (Fsp3) is 0.360. The van der Waals surface area contributed by atoms with Gasteiger partial charge in [-0.3, -0.25) is 9.69 Å². The zero-order valence-corrected chi connectivity index (χ0v) is 17.9. The summed E-state index contributed by atoms with van der Waals surface area (Å²) in [6.07, 6.45) is 6.48. The fourth-order valence-electron chi connectivity index (χ4n) is 4.12. The SMILES string of the molecule is O=C([C@H]1CN(Cc2ccccc2)CCN1)N(CCCn1ccnc1)Cc1ccccc1. The van der Waals surface area contributed by atoms with Crippen LogP contribution in [0.15, 0.2) is 79.4 Å². The number of imidazole rings is 1. The summed E-state index contributed by atoms with van der Waals surface area (Å²) >= 11 is 0. The van der Waals surface area contributed by atoms with E-state index >= 15 is 0 Å². The van der Waals surface area contributed by atoms with Crippen LogP contribution < -0.4 is 5.32 Å². The molecule has 1 fully saturated rings. The number of benzene rings is 2. The van der Waals surface area contributed by atoms with Crippen LogP contribution in [0.3, 0.4) is 0 Å². The van der Waals surface area contributed by atoms with E-state index in [4.69, 9.17) is 0 Å². The second-order valence-corrected chi connectivity index (χ2v) is 8.13. The van der Waals surface area contributed by atoms with E-state index in [-0.39, 0.29) is 11.9 Å². The first-order valence-electron chi connectivity index (χ1n) is 11.1. The molecule has 3 aromatic rings. The van der Waals surface area contributed by atoms with Crippen molar-refractivity contribution in [2.45, 2.75) is 32.1 Å². The molecule has 1 N–H and O–H groups in total. The van der Waals surface area contributed by atoms with Gasteiger partial charge in [0.1, 0.15) is 0 Å². The molecule has 0 spiro atoms. The molecule has 6 heteroatoms. The van der Waals surface area contributed by atoms with E-state index in [1.807, 2.05) is 41.7 Å². The van der Waals surface area contributed by atoms with Gasteiger partial charge < -0.3 is 14.8 Å². The zero-order chi connectivity index (χ0) is 21.3. The van der Waals surface area contributed by atoms with Crippen LogP contribution in [-0.4, -0.2) is 57.5 Å². The van der Waals surface area contributed by atoms with Crippen LogP contribution in [0.5, 0.6) is 0 Å². The largest absolute Gasteiger partial charge is 0.337 e. The second-order valence-electron chi connectivity index (χ2n) is 8.13. The van der Waals surface area contributed by atoms with Crippen molar-refractivity contribution < 1.29 is 4.79 Å². The van der Waals surface area contributed by atoms with Gasteiger partial charge in [0.2, 0.25) is 5.91 Å². The van der Waals surface area contributed by atoms with E-state index < -0.39 is 0 Å². The van der Waals surface area contributed by atoms with Gasteiger partial charge in [-0.05, 0) is 17.5 Å². The standard InChI is InChI=1S/C25H31N5O/c31-25(24-20-29(17-13-27-24)18-22-8-3-1-4-9-22)30(19-23-10-5-2-6-11-23)15-7-14-28-16-12-26-21-28/h1-6,8-12,16,21,24,27H,7,13-15,17-20H2/t24-/m1/s1. The number of rotatable bonds is 9. The third-order valence-electron chi connectivity index (χ3n) is 5.74. The Morgan fingerprint density at radius 2 is 1.81 bits per heavy atom. The van der Waals surface area contributed by atoms with Crippen LogP contribution >= 0.6 is 0 Å². The number of hydrogen-bond acceptors (Lipinski definition) is 4. The maximum atomic E-state index is 13.5. The molecule has 1 amide bonds. The third kappa shape index (κ3) is 6.26. The van der Waals surface area contributed by atoms with E-state index in [0.29, 0.717) is 6.54 Å². The summed E-state index contributed by atoms with van der Waals surface area (Å²) in [4.78, 5) is 22.0. The van der Waals surface area contributed by atoms with Crippen molar-refractivity contribution in [1.82, 2.24) is 24.7 Å². The van der Waals surface area contributed by atoms with E-state index in [0.717, 1.165) is 51.3 Å². The van der Waals surface area contributed by atoms with Gasteiger partial charge in [-0.25, -0.2) is 4.98 Å². The molecule has 1 aliphatic heterocycles. The lowest BCUT2D eigenvalue weighted by Crippen LogP contribution is -2.57. The van der Waals surface area contributed by atoms with Crippen molar-refractivity contribution in [3.05, 3.63) is 90.5 Å². The summed E-state index contributed by atoms with van der Waals surface area (Å²) in [6.45, 7) is 5.63. The van der Waals surface area contributed by atoms with Crippen molar-refractivity contribution in [1.29, 1.82) is 0 Å². The summed E-state index contributed by atoms with van der Waals surface area (Å²) in [5, 5.41) is 3.46. The highest BCUT2D eigenvalue weighted by Gasteiger charge is 2.29. The van der Waals surface area contributed by atoms with Crippen molar-refractivity contribution in [3.63, 3.8) is 0 Å². The Morgan fingerprint density at radius 1 is 1.06 bits per heavy atom. The molecule has 2 aromatic carbocycles. The number of hydrogen-bond donors (Lipinski definition) is 1. The minimum Gasteiger partial charge on any atom is -0.337 e. The smallest absolute Gasteiger partial charge is 0.241 e. The molecule has 0 saturated carbocycles. The first-order chi connectivity index (χ1) is 15.3. The Kier molecular flexibility index (Phi) is 7.47. The predicted molar refractivity (Wildman–Crippen MR) is 122 cm³/mol. The maximum Gasteiger partial charge on any atom is 0.241 e. The van der Waals surface area contributed by atoms with Gasteiger partial charge in [-0.15, -0.1) is 0 Å². The van der Waals surface area contributed by atoms with Crippen LogP contribution in [0.2, 0.25) is 0 Å². The van der Waals surface area contributed by atoms with Gasteiger partial charge >= 0.3 is 0 Å². The monoisotopic (exact) mass is 417 g/mol. The molecule has 4 rings (SSSR count). The molecule has 31 heavy (non-hydrogen) atoms. The fourth-order valence-corrected chi connectivity index (χ4v) is 4.12. The number of carbonyl (C=O) groups is 1. The highest BCUT2D eigenvalue weighted by Crippen LogP contribution is 2.12. The van der Waals surface area contributed by atoms with Crippen molar-refractivity contribution in [2.24, 2.45) is 0 Å². The molecule has 1 aliphatic rings. The molecular formula is C25H31N5O. The number of piperazine rings is 1. The van der Waals surface area contributed by atoms with Crippen LogP contribution in [-0.2, 0) is 24.4 Å². The molecule has 0 bridgehead atoms. The summed E-state index contributed by atoms with van der Waals surface area (Å²) in [7, 11) is 0. The zero-order valence-electron chi connectivity index (χ0n) is 17.9. The summed E-state index contributed by atoms with van der Waals surface area (Å²) in [5.41, 5.74) is 2.45. The molecule has 1 aromatic heterocycles. The number of aryl methyl sites for hydroxylation is 1. The van der Waals surface area contributed by atoms with Crippen molar-refractivity contribution in [2.75, 3.05) is 26.2 Å². The highest BCUT2D eigenvalue weighted by molar-refractivity contribution is 5.82. The minimum atomic E-state index is -0.172. The lowest BCUT2D eigenvalue weighted by Gasteiger charge is -2.36. The molecule has 1 atom stereocenters. The first-order valence-corrected chi connectivity index (χ1v) is 11.1. The Bertz CT molecular complexity index is 914. The van der Waals surface area contributed by atoms with Crippen molar-refractivity contribution >= 4 is 5.91 Å². The Morgan fingerprint density at radius 3 is 2.52 bits per heavy atom. The number of amides is 1. The van der Waals surface area contributed by atoms with Gasteiger partial charge in [-0.2, -0.15) is 0 Å². The average Bonchev–Trinajstić information content (AvgIpc) is 3.33. The van der Waals surface area contributed by atoms with Crippen LogP contribution in [0, 0.1) is 0 Å². The number of nitrogens with one attached hydrogen (secondary N) is 1. The quantitative estimate of drug-likeness (QED) is 0.582. The minimum absolute atomic E-state index is 0.172. The molecule has 1 saturated heterocycles. The lowest BCUT2D eigenvalue weighted by molar-refractivity contribution is -0.135. The van der Waals surface area contributed by atoms with Gasteiger partial charge in [0.05, 0.1) is 12.4 Å². The first kappa shape index (κ1) is 21.3. The summed E-state index contributed by atoms with van der Waals surface area (Å²) < 4.78 is 2.06. The normalized spacial score (nSPS) is 16.8. The molecule has 0 unspecified atom stereocenters. The molecule has 0 aliphatic carbocycles. The van der Waals surface area contributed by atoms with Crippen LogP contribution in [0.4, 0.5) is 0 Å². The summed E-state index contributed by atoms with van der Waals surface area (Å²) in [6, 6.07) is 20.6. The van der Waals surface area contributed by atoms with E-state index in [1.165, 1.54) is 5.56 Å². The third-order valence-corrected chi connectivity index (χ3v) is 5.74. The molecule has 6 nitrogen and oxygen atoms in total. The lowest BCUT2D eigenvalue weighted by atomic mass is 10.1. The van der Waals surface area contributed by atoms with E-state index in [9.17, 15) is 4.79 Å². The van der Waals surface area contributed by atoms with Gasteiger partial charge in [-0.1, -0.05) is 60.7 Å². The molecule has 0 radical (unpaired) electrons. The Hall–Kier alpha value is -2.96. The maximum absolute atomic E-state index is 13.5. The molecule has 162 valence electrons. The van der Waals surface area contributed by atoms with E-state index in [2.05, 4.69) is 56.2 Å². The predicted octanol–water partition coefficient (Wildman–Crippen LogP) is 2.78. The van der Waals surface area contributed by atoms with Gasteiger partial charge in [0.15, 0.2) is 0 Å². The number of nitrogens with zero attached hydrogens (tertiary/aromatic N) is 4.